The summed E-state index contributed by atoms with van der Waals surface area (Å²) in [4.78, 5) is 0.119. The fraction of sp³-hybridized carbons (Fsp3) is 0.500. The number of hydrogen-bond acceptors (Lipinski definition) is 4. The zero-order chi connectivity index (χ0) is 15.4. The van der Waals surface area contributed by atoms with Crippen molar-refractivity contribution < 1.29 is 13.2 Å². The SMILES string of the molecule is COc1ccc(S(N)(=O)=O)c(CCCC(C)(C)C#N)c1. The number of nitrogens with two attached hydrogens (primary N) is 1. The van der Waals surface area contributed by atoms with Crippen LogP contribution in [0.25, 0.3) is 0 Å². The van der Waals surface area contributed by atoms with Crippen LogP contribution < -0.4 is 9.88 Å². The van der Waals surface area contributed by atoms with Crippen LogP contribution in [0.15, 0.2) is 23.1 Å². The van der Waals surface area contributed by atoms with Gasteiger partial charge < -0.3 is 4.74 Å². The number of hydrogen-bond donors (Lipinski definition) is 1. The molecule has 0 unspecified atom stereocenters. The monoisotopic (exact) mass is 296 g/mol. The van der Waals surface area contributed by atoms with Crippen LogP contribution in [-0.4, -0.2) is 15.5 Å². The molecule has 0 spiro atoms. The number of aryl methyl sites for hydroxylation is 1. The highest BCUT2D eigenvalue weighted by molar-refractivity contribution is 7.89. The van der Waals surface area contributed by atoms with E-state index in [1.54, 1.807) is 12.1 Å². The van der Waals surface area contributed by atoms with Gasteiger partial charge in [-0.2, -0.15) is 5.26 Å². The fourth-order valence-electron chi connectivity index (χ4n) is 1.93. The average Bonchev–Trinajstić information content (AvgIpc) is 2.37. The van der Waals surface area contributed by atoms with Gasteiger partial charge in [-0.05, 0) is 56.9 Å². The van der Waals surface area contributed by atoms with Crippen molar-refractivity contribution >= 4 is 10.0 Å². The summed E-state index contributed by atoms with van der Waals surface area (Å²) in [5.74, 6) is 0.590. The number of benzene rings is 1. The van der Waals surface area contributed by atoms with E-state index in [1.807, 2.05) is 13.8 Å². The summed E-state index contributed by atoms with van der Waals surface area (Å²) in [6.45, 7) is 3.72. The summed E-state index contributed by atoms with van der Waals surface area (Å²) >= 11 is 0. The lowest BCUT2D eigenvalue weighted by molar-refractivity contribution is 0.412. The molecule has 0 saturated carbocycles. The van der Waals surface area contributed by atoms with E-state index in [2.05, 4.69) is 6.07 Å². The van der Waals surface area contributed by atoms with Gasteiger partial charge in [-0.1, -0.05) is 0 Å². The highest BCUT2D eigenvalue weighted by atomic mass is 32.2. The largest absolute Gasteiger partial charge is 0.497 e. The van der Waals surface area contributed by atoms with E-state index >= 15 is 0 Å². The van der Waals surface area contributed by atoms with E-state index in [0.717, 1.165) is 0 Å². The summed E-state index contributed by atoms with van der Waals surface area (Å²) in [6.07, 6.45) is 1.93. The molecule has 20 heavy (non-hydrogen) atoms. The summed E-state index contributed by atoms with van der Waals surface area (Å²) in [6, 6.07) is 6.94. The first kappa shape index (κ1) is 16.5. The Morgan fingerprint density at radius 3 is 2.55 bits per heavy atom. The molecule has 1 aromatic rings. The van der Waals surface area contributed by atoms with E-state index in [1.165, 1.54) is 13.2 Å². The van der Waals surface area contributed by atoms with Crippen LogP contribution in [0.4, 0.5) is 0 Å². The van der Waals surface area contributed by atoms with Crippen LogP contribution in [-0.2, 0) is 16.4 Å². The molecule has 0 amide bonds. The molecule has 0 heterocycles. The molecular weight excluding hydrogens is 276 g/mol. The van der Waals surface area contributed by atoms with Gasteiger partial charge in [0.25, 0.3) is 0 Å². The number of sulfonamides is 1. The van der Waals surface area contributed by atoms with Crippen LogP contribution in [0.5, 0.6) is 5.75 Å². The van der Waals surface area contributed by atoms with E-state index in [4.69, 9.17) is 15.1 Å². The zero-order valence-corrected chi connectivity index (χ0v) is 12.8. The molecule has 6 heteroatoms. The van der Waals surface area contributed by atoms with Crippen molar-refractivity contribution in [1.29, 1.82) is 5.26 Å². The molecule has 0 fully saturated rings. The Balaban J connectivity index is 2.96. The maximum absolute atomic E-state index is 11.6. The Labute approximate surface area is 120 Å². The summed E-state index contributed by atoms with van der Waals surface area (Å²) in [5.41, 5.74) is 0.209. The van der Waals surface area contributed by atoms with Crippen molar-refractivity contribution in [2.75, 3.05) is 7.11 Å². The zero-order valence-electron chi connectivity index (χ0n) is 12.0. The minimum absolute atomic E-state index is 0.119. The van der Waals surface area contributed by atoms with Crippen molar-refractivity contribution in [2.24, 2.45) is 10.6 Å². The van der Waals surface area contributed by atoms with Crippen LogP contribution in [0.3, 0.4) is 0 Å². The third-order valence-corrected chi connectivity index (χ3v) is 4.14. The van der Waals surface area contributed by atoms with Crippen LogP contribution in [0.2, 0.25) is 0 Å². The Bertz CT molecular complexity index is 616. The lowest BCUT2D eigenvalue weighted by Gasteiger charge is -2.15. The van der Waals surface area contributed by atoms with Gasteiger partial charge in [0.05, 0.1) is 23.5 Å². The summed E-state index contributed by atoms with van der Waals surface area (Å²) in [7, 11) is -2.23. The third kappa shape index (κ3) is 4.51. The minimum atomic E-state index is -3.75. The van der Waals surface area contributed by atoms with Gasteiger partial charge in [0.2, 0.25) is 10.0 Å². The molecule has 0 aliphatic rings. The maximum Gasteiger partial charge on any atom is 0.238 e. The summed E-state index contributed by atoms with van der Waals surface area (Å²) in [5, 5.41) is 14.2. The Morgan fingerprint density at radius 1 is 1.40 bits per heavy atom. The molecule has 0 aliphatic carbocycles. The number of nitrogens with zero attached hydrogens (tertiary/aromatic N) is 1. The van der Waals surface area contributed by atoms with Crippen molar-refractivity contribution in [3.8, 4) is 11.8 Å². The summed E-state index contributed by atoms with van der Waals surface area (Å²) < 4.78 is 28.2. The molecule has 0 bridgehead atoms. The number of rotatable bonds is 6. The van der Waals surface area contributed by atoms with Crippen LogP contribution in [0.1, 0.15) is 32.3 Å². The Hall–Kier alpha value is -1.58. The molecule has 110 valence electrons. The predicted molar refractivity (Wildman–Crippen MR) is 76.7 cm³/mol. The quantitative estimate of drug-likeness (QED) is 0.871. The molecule has 0 aliphatic heterocycles. The Kier molecular flexibility index (Phi) is 5.15. The van der Waals surface area contributed by atoms with Crippen LogP contribution in [0, 0.1) is 16.7 Å². The van der Waals surface area contributed by atoms with E-state index < -0.39 is 15.4 Å². The second-order valence-electron chi connectivity index (χ2n) is 5.37. The second kappa shape index (κ2) is 6.25. The van der Waals surface area contributed by atoms with Crippen molar-refractivity contribution in [3.05, 3.63) is 23.8 Å². The lowest BCUT2D eigenvalue weighted by atomic mass is 9.88. The molecule has 0 atom stereocenters. The molecule has 5 nitrogen and oxygen atoms in total. The molecule has 1 aromatic carbocycles. The van der Waals surface area contributed by atoms with E-state index in [0.29, 0.717) is 30.6 Å². The normalized spacial score (nSPS) is 11.9. The second-order valence-corrected chi connectivity index (χ2v) is 6.90. The Morgan fingerprint density at radius 2 is 2.05 bits per heavy atom. The molecule has 0 radical (unpaired) electrons. The minimum Gasteiger partial charge on any atom is -0.497 e. The fourth-order valence-corrected chi connectivity index (χ4v) is 2.72. The first-order chi connectivity index (χ1) is 9.19. The lowest BCUT2D eigenvalue weighted by Crippen LogP contribution is -2.15. The van der Waals surface area contributed by atoms with Gasteiger partial charge in [-0.15, -0.1) is 0 Å². The number of primary sulfonamides is 1. The standard InChI is InChI=1S/C14H20N2O3S/c1-14(2,10-15)8-4-5-11-9-12(19-3)6-7-13(11)20(16,17)18/h6-7,9H,4-5,8H2,1-3H3,(H2,16,17,18). The van der Waals surface area contributed by atoms with Crippen LogP contribution >= 0.6 is 0 Å². The molecule has 2 N–H and O–H groups in total. The third-order valence-electron chi connectivity index (χ3n) is 3.12. The van der Waals surface area contributed by atoms with Gasteiger partial charge in [0.1, 0.15) is 5.75 Å². The topological polar surface area (TPSA) is 93.2 Å². The smallest absolute Gasteiger partial charge is 0.238 e. The first-order valence-corrected chi connectivity index (χ1v) is 7.85. The van der Waals surface area contributed by atoms with Crippen molar-refractivity contribution in [1.82, 2.24) is 0 Å². The maximum atomic E-state index is 11.6. The van der Waals surface area contributed by atoms with Crippen molar-refractivity contribution in [2.45, 2.75) is 38.0 Å². The number of ether oxygens (including phenoxy) is 1. The highest BCUT2D eigenvalue weighted by Crippen LogP contribution is 2.26. The highest BCUT2D eigenvalue weighted by Gasteiger charge is 2.18. The molecular formula is C14H20N2O3S. The van der Waals surface area contributed by atoms with E-state index in [-0.39, 0.29) is 4.90 Å². The number of nitriles is 1. The molecule has 1 rings (SSSR count). The molecule has 0 aromatic heterocycles. The number of methoxy groups -OCH3 is 1. The van der Waals surface area contributed by atoms with Gasteiger partial charge in [-0.25, -0.2) is 13.6 Å². The average molecular weight is 296 g/mol. The van der Waals surface area contributed by atoms with Crippen molar-refractivity contribution in [3.63, 3.8) is 0 Å². The van der Waals surface area contributed by atoms with Gasteiger partial charge in [-0.3, -0.25) is 0 Å². The predicted octanol–water partition coefficient (Wildman–Crippen LogP) is 2.22. The van der Waals surface area contributed by atoms with E-state index in [9.17, 15) is 8.42 Å². The van der Waals surface area contributed by atoms with Gasteiger partial charge in [0.15, 0.2) is 0 Å². The first-order valence-electron chi connectivity index (χ1n) is 6.30. The van der Waals surface area contributed by atoms with Gasteiger partial charge in [0, 0.05) is 0 Å². The van der Waals surface area contributed by atoms with Gasteiger partial charge >= 0.3 is 0 Å². The molecule has 0 saturated heterocycles.